The van der Waals surface area contributed by atoms with E-state index in [1.54, 1.807) is 6.26 Å². The maximum atomic E-state index is 13.2. The lowest BCUT2D eigenvalue weighted by Gasteiger charge is -2.21. The summed E-state index contributed by atoms with van der Waals surface area (Å²) in [6.07, 6.45) is 2.59. The Balaban J connectivity index is 1.49. The number of hydrogen-bond donors (Lipinski definition) is 0. The first kappa shape index (κ1) is 17.7. The fourth-order valence-corrected chi connectivity index (χ4v) is 4.37. The average molecular weight is 379 g/mol. The maximum Gasteiger partial charge on any atom is 0.257 e. The summed E-state index contributed by atoms with van der Waals surface area (Å²) in [5, 5.41) is 0.300. The highest BCUT2D eigenvalue weighted by Gasteiger charge is 2.25. The molecule has 27 heavy (non-hydrogen) atoms. The first-order chi connectivity index (χ1) is 13.3. The lowest BCUT2D eigenvalue weighted by Crippen LogP contribution is -2.33. The van der Waals surface area contributed by atoms with Crippen LogP contribution in [0.3, 0.4) is 0 Å². The van der Waals surface area contributed by atoms with Crippen LogP contribution in [0.2, 0.25) is 0 Å². The minimum Gasteiger partial charge on any atom is -0.468 e. The van der Waals surface area contributed by atoms with Crippen molar-refractivity contribution in [1.82, 2.24) is 4.90 Å². The molecule has 1 aliphatic rings. The van der Waals surface area contributed by atoms with Gasteiger partial charge in [-0.2, -0.15) is 0 Å². The number of para-hydroxylation sites is 2. The number of benzene rings is 2. The van der Waals surface area contributed by atoms with Crippen LogP contribution < -0.4 is 4.74 Å². The van der Waals surface area contributed by atoms with Crippen LogP contribution in [0.4, 0.5) is 0 Å². The van der Waals surface area contributed by atoms with E-state index in [-0.39, 0.29) is 5.91 Å². The molecule has 0 saturated carbocycles. The zero-order valence-electron chi connectivity index (χ0n) is 14.9. The quantitative estimate of drug-likeness (QED) is 0.609. The molecule has 1 aromatic heterocycles. The molecule has 0 aliphatic carbocycles. The third-order valence-corrected chi connectivity index (χ3v) is 5.87. The lowest BCUT2D eigenvalue weighted by atomic mass is 10.1. The summed E-state index contributed by atoms with van der Waals surface area (Å²) in [5.41, 5.74) is 0.600. The van der Waals surface area contributed by atoms with Crippen molar-refractivity contribution >= 4 is 17.7 Å². The molecule has 5 heteroatoms. The molecule has 4 rings (SSSR count). The molecule has 1 unspecified atom stereocenters. The first-order valence-corrected chi connectivity index (χ1v) is 10.1. The van der Waals surface area contributed by atoms with Gasteiger partial charge in [0, 0.05) is 18.8 Å². The Bertz CT molecular complexity index is 880. The Labute approximate surface area is 163 Å². The molecule has 1 atom stereocenters. The molecule has 0 radical (unpaired) electrons. The van der Waals surface area contributed by atoms with E-state index in [1.165, 1.54) is 0 Å². The molecule has 1 aliphatic heterocycles. The minimum atomic E-state index is 0.0160. The van der Waals surface area contributed by atoms with Gasteiger partial charge in [0.1, 0.15) is 17.3 Å². The van der Waals surface area contributed by atoms with E-state index in [4.69, 9.17) is 9.15 Å². The maximum absolute atomic E-state index is 13.2. The third-order valence-electron chi connectivity index (χ3n) is 4.58. The van der Waals surface area contributed by atoms with Crippen molar-refractivity contribution < 1.29 is 13.9 Å². The number of carbonyl (C=O) groups excluding carboxylic acids is 1. The number of rotatable bonds is 4. The Morgan fingerprint density at radius 1 is 1.00 bits per heavy atom. The van der Waals surface area contributed by atoms with Crippen molar-refractivity contribution in [3.63, 3.8) is 0 Å². The number of furan rings is 1. The molecule has 2 heterocycles. The summed E-state index contributed by atoms with van der Waals surface area (Å²) in [4.78, 5) is 15.1. The van der Waals surface area contributed by atoms with E-state index in [2.05, 4.69) is 0 Å². The normalized spacial score (nSPS) is 17.3. The number of thioether (sulfide) groups is 1. The topological polar surface area (TPSA) is 42.7 Å². The van der Waals surface area contributed by atoms with Crippen molar-refractivity contribution in [3.8, 4) is 11.5 Å². The molecule has 1 amide bonds. The largest absolute Gasteiger partial charge is 0.468 e. The van der Waals surface area contributed by atoms with Gasteiger partial charge in [-0.25, -0.2) is 0 Å². The van der Waals surface area contributed by atoms with Crippen molar-refractivity contribution in [2.24, 2.45) is 0 Å². The summed E-state index contributed by atoms with van der Waals surface area (Å²) < 4.78 is 11.5. The summed E-state index contributed by atoms with van der Waals surface area (Å²) in [7, 11) is 0. The van der Waals surface area contributed by atoms with Crippen LogP contribution in [-0.2, 0) is 0 Å². The monoisotopic (exact) mass is 379 g/mol. The SMILES string of the molecule is O=C(c1ccccc1Oc1ccccc1)N1CCSC(c2ccco2)CC1. The van der Waals surface area contributed by atoms with Crippen LogP contribution >= 0.6 is 11.8 Å². The van der Waals surface area contributed by atoms with Gasteiger partial charge in [0.05, 0.1) is 17.1 Å². The lowest BCUT2D eigenvalue weighted by molar-refractivity contribution is 0.0763. The van der Waals surface area contributed by atoms with E-state index in [0.29, 0.717) is 23.1 Å². The highest BCUT2D eigenvalue weighted by atomic mass is 32.2. The predicted octanol–water partition coefficient (Wildman–Crippen LogP) is 5.39. The molecular weight excluding hydrogens is 358 g/mol. The summed E-state index contributed by atoms with van der Waals surface area (Å²) in [5.74, 6) is 3.21. The van der Waals surface area contributed by atoms with Gasteiger partial charge in [-0.3, -0.25) is 4.79 Å². The molecule has 3 aromatic rings. The fraction of sp³-hybridized carbons (Fsp3) is 0.227. The van der Waals surface area contributed by atoms with Crippen molar-refractivity contribution in [3.05, 3.63) is 84.3 Å². The number of nitrogens with zero attached hydrogens (tertiary/aromatic N) is 1. The van der Waals surface area contributed by atoms with Gasteiger partial charge in [-0.1, -0.05) is 30.3 Å². The Morgan fingerprint density at radius 3 is 2.63 bits per heavy atom. The summed E-state index contributed by atoms with van der Waals surface area (Å²) in [6, 6.07) is 20.9. The van der Waals surface area contributed by atoms with E-state index in [0.717, 1.165) is 30.2 Å². The Morgan fingerprint density at radius 2 is 1.81 bits per heavy atom. The van der Waals surface area contributed by atoms with Crippen LogP contribution in [-0.4, -0.2) is 29.6 Å². The van der Waals surface area contributed by atoms with Crippen LogP contribution in [0.15, 0.2) is 77.4 Å². The first-order valence-electron chi connectivity index (χ1n) is 9.07. The second-order valence-corrected chi connectivity index (χ2v) is 7.68. The summed E-state index contributed by atoms with van der Waals surface area (Å²) >= 11 is 1.85. The van der Waals surface area contributed by atoms with Gasteiger partial charge < -0.3 is 14.1 Å². The van der Waals surface area contributed by atoms with E-state index in [9.17, 15) is 4.79 Å². The van der Waals surface area contributed by atoms with Gasteiger partial charge in [0.2, 0.25) is 0 Å². The van der Waals surface area contributed by atoms with Crippen LogP contribution in [0.1, 0.15) is 27.8 Å². The van der Waals surface area contributed by atoms with Crippen LogP contribution in [0, 0.1) is 0 Å². The Kier molecular flexibility index (Phi) is 5.49. The molecule has 2 aromatic carbocycles. The van der Waals surface area contributed by atoms with Gasteiger partial charge in [-0.15, -0.1) is 11.8 Å². The van der Waals surface area contributed by atoms with Gasteiger partial charge in [0.25, 0.3) is 5.91 Å². The second kappa shape index (κ2) is 8.35. The Hall–Kier alpha value is -2.66. The van der Waals surface area contributed by atoms with Crippen molar-refractivity contribution in [2.75, 3.05) is 18.8 Å². The molecular formula is C22H21NO3S. The molecule has 0 N–H and O–H groups in total. The number of hydrogen-bond acceptors (Lipinski definition) is 4. The number of amides is 1. The predicted molar refractivity (Wildman–Crippen MR) is 107 cm³/mol. The third kappa shape index (κ3) is 4.19. The molecule has 0 bridgehead atoms. The molecule has 1 saturated heterocycles. The van der Waals surface area contributed by atoms with E-state index >= 15 is 0 Å². The zero-order valence-corrected chi connectivity index (χ0v) is 15.7. The van der Waals surface area contributed by atoms with Crippen LogP contribution in [0.5, 0.6) is 11.5 Å². The van der Waals surface area contributed by atoms with Crippen molar-refractivity contribution in [2.45, 2.75) is 11.7 Å². The van der Waals surface area contributed by atoms with Gasteiger partial charge >= 0.3 is 0 Å². The number of ether oxygens (including phenoxy) is 1. The van der Waals surface area contributed by atoms with Gasteiger partial charge in [-0.05, 0) is 42.8 Å². The second-order valence-electron chi connectivity index (χ2n) is 6.37. The van der Waals surface area contributed by atoms with Crippen LogP contribution in [0.25, 0.3) is 0 Å². The summed E-state index contributed by atoms with van der Waals surface area (Å²) in [6.45, 7) is 1.43. The average Bonchev–Trinajstić information content (AvgIpc) is 3.13. The molecule has 4 nitrogen and oxygen atoms in total. The van der Waals surface area contributed by atoms with Crippen molar-refractivity contribution in [1.29, 1.82) is 0 Å². The minimum absolute atomic E-state index is 0.0160. The standard InChI is InChI=1S/C22H21NO3S/c24-22(23-13-12-21(27-16-14-23)20-11-6-15-25-20)18-9-4-5-10-19(18)26-17-7-2-1-3-8-17/h1-11,15,21H,12-14,16H2. The van der Waals surface area contributed by atoms with E-state index in [1.807, 2.05) is 83.4 Å². The van der Waals surface area contributed by atoms with E-state index < -0.39 is 0 Å². The smallest absolute Gasteiger partial charge is 0.257 e. The molecule has 138 valence electrons. The van der Waals surface area contributed by atoms with Gasteiger partial charge in [0.15, 0.2) is 0 Å². The zero-order chi connectivity index (χ0) is 18.5. The highest BCUT2D eigenvalue weighted by molar-refractivity contribution is 7.99. The molecule has 0 spiro atoms. The highest BCUT2D eigenvalue weighted by Crippen LogP contribution is 2.35. The number of carbonyl (C=O) groups is 1. The fourth-order valence-electron chi connectivity index (χ4n) is 3.19. The molecule has 1 fully saturated rings.